The van der Waals surface area contributed by atoms with Gasteiger partial charge >= 0.3 is 0 Å². The quantitative estimate of drug-likeness (QED) is 0.906. The summed E-state index contributed by atoms with van der Waals surface area (Å²) in [4.78, 5) is 4.04. The van der Waals surface area contributed by atoms with Gasteiger partial charge in [-0.3, -0.25) is 4.98 Å². The fourth-order valence-corrected chi connectivity index (χ4v) is 1.91. The van der Waals surface area contributed by atoms with Gasteiger partial charge in [0.2, 0.25) is 0 Å². The van der Waals surface area contributed by atoms with Crippen LogP contribution in [-0.4, -0.2) is 31.4 Å². The SMILES string of the molecule is COc1cncc(C(O)c2ccc(OC)c(OC)c2)c1. The molecule has 0 aliphatic rings. The summed E-state index contributed by atoms with van der Waals surface area (Å²) in [6, 6.07) is 7.02. The Morgan fingerprint density at radius 3 is 2.30 bits per heavy atom. The van der Waals surface area contributed by atoms with E-state index >= 15 is 0 Å². The second kappa shape index (κ2) is 6.25. The molecule has 1 N–H and O–H groups in total. The summed E-state index contributed by atoms with van der Waals surface area (Å²) in [6.45, 7) is 0. The Kier molecular flexibility index (Phi) is 4.42. The fraction of sp³-hybridized carbons (Fsp3) is 0.267. The minimum Gasteiger partial charge on any atom is -0.495 e. The minimum absolute atomic E-state index is 0.569. The molecule has 106 valence electrons. The lowest BCUT2D eigenvalue weighted by Gasteiger charge is -2.14. The first-order valence-corrected chi connectivity index (χ1v) is 6.08. The van der Waals surface area contributed by atoms with Crippen molar-refractivity contribution in [3.8, 4) is 17.2 Å². The van der Waals surface area contributed by atoms with Crippen molar-refractivity contribution < 1.29 is 19.3 Å². The molecule has 0 aliphatic carbocycles. The first kappa shape index (κ1) is 14.1. The molecule has 5 nitrogen and oxygen atoms in total. The Bertz CT molecular complexity index is 586. The summed E-state index contributed by atoms with van der Waals surface area (Å²) in [5.74, 6) is 1.79. The molecule has 0 saturated carbocycles. The van der Waals surface area contributed by atoms with Crippen molar-refractivity contribution in [2.24, 2.45) is 0 Å². The Labute approximate surface area is 117 Å². The molecule has 1 aromatic heterocycles. The van der Waals surface area contributed by atoms with Gasteiger partial charge in [0.25, 0.3) is 0 Å². The number of nitrogens with zero attached hydrogens (tertiary/aromatic N) is 1. The molecule has 1 aromatic carbocycles. The molecule has 0 bridgehead atoms. The number of hydrogen-bond acceptors (Lipinski definition) is 5. The molecule has 0 amide bonds. The summed E-state index contributed by atoms with van der Waals surface area (Å²) in [5, 5.41) is 10.4. The van der Waals surface area contributed by atoms with Crippen LogP contribution < -0.4 is 14.2 Å². The molecular formula is C15H17NO4. The van der Waals surface area contributed by atoms with Gasteiger partial charge < -0.3 is 19.3 Å². The molecule has 1 unspecified atom stereocenters. The van der Waals surface area contributed by atoms with Crippen LogP contribution in [-0.2, 0) is 0 Å². The fourth-order valence-electron chi connectivity index (χ4n) is 1.91. The number of hydrogen-bond donors (Lipinski definition) is 1. The zero-order valence-electron chi connectivity index (χ0n) is 11.7. The Hall–Kier alpha value is -2.27. The maximum Gasteiger partial charge on any atom is 0.161 e. The van der Waals surface area contributed by atoms with Crippen LogP contribution in [0.3, 0.4) is 0 Å². The van der Waals surface area contributed by atoms with Crippen molar-refractivity contribution in [1.29, 1.82) is 0 Å². The van der Waals surface area contributed by atoms with Gasteiger partial charge in [-0.25, -0.2) is 0 Å². The highest BCUT2D eigenvalue weighted by molar-refractivity contribution is 5.45. The Morgan fingerprint density at radius 1 is 0.900 bits per heavy atom. The molecule has 5 heteroatoms. The molecule has 1 atom stereocenters. The first-order valence-electron chi connectivity index (χ1n) is 6.08. The van der Waals surface area contributed by atoms with E-state index in [1.807, 2.05) is 0 Å². The van der Waals surface area contributed by atoms with Gasteiger partial charge in [-0.15, -0.1) is 0 Å². The van der Waals surface area contributed by atoms with Crippen molar-refractivity contribution in [1.82, 2.24) is 4.98 Å². The Balaban J connectivity index is 2.34. The van der Waals surface area contributed by atoms with Gasteiger partial charge in [0.15, 0.2) is 11.5 Å². The van der Waals surface area contributed by atoms with Crippen LogP contribution in [0.15, 0.2) is 36.7 Å². The number of aromatic nitrogens is 1. The lowest BCUT2D eigenvalue weighted by Crippen LogP contribution is -2.02. The van der Waals surface area contributed by atoms with E-state index in [-0.39, 0.29) is 0 Å². The number of aliphatic hydroxyl groups excluding tert-OH is 1. The van der Waals surface area contributed by atoms with Crippen LogP contribution in [0, 0.1) is 0 Å². The van der Waals surface area contributed by atoms with Gasteiger partial charge in [0.1, 0.15) is 11.9 Å². The number of aliphatic hydroxyl groups is 1. The van der Waals surface area contributed by atoms with Crippen LogP contribution in [0.1, 0.15) is 17.2 Å². The maximum absolute atomic E-state index is 10.4. The zero-order chi connectivity index (χ0) is 14.5. The van der Waals surface area contributed by atoms with Crippen LogP contribution in [0.2, 0.25) is 0 Å². The molecule has 0 spiro atoms. The smallest absolute Gasteiger partial charge is 0.161 e. The van der Waals surface area contributed by atoms with Crippen molar-refractivity contribution in [3.63, 3.8) is 0 Å². The summed E-state index contributed by atoms with van der Waals surface area (Å²) in [6.07, 6.45) is 2.38. The van der Waals surface area contributed by atoms with E-state index in [4.69, 9.17) is 14.2 Å². The standard InChI is InChI=1S/C15H17NO4/c1-18-12-6-11(8-16-9-12)15(17)10-4-5-13(19-2)14(7-10)20-3/h4-9,15,17H,1-3H3. The molecule has 0 fully saturated rings. The summed E-state index contributed by atoms with van der Waals surface area (Å²) in [5.41, 5.74) is 1.34. The molecule has 2 rings (SSSR count). The van der Waals surface area contributed by atoms with Crippen LogP contribution in [0.25, 0.3) is 0 Å². The first-order chi connectivity index (χ1) is 9.69. The predicted octanol–water partition coefficient (Wildman–Crippen LogP) is 2.19. The summed E-state index contributed by atoms with van der Waals surface area (Å²) in [7, 11) is 4.69. The van der Waals surface area contributed by atoms with Gasteiger partial charge in [0, 0.05) is 11.8 Å². The van der Waals surface area contributed by atoms with Crippen LogP contribution in [0.5, 0.6) is 17.2 Å². The van der Waals surface area contributed by atoms with E-state index < -0.39 is 6.10 Å². The van der Waals surface area contributed by atoms with E-state index in [1.54, 1.807) is 58.0 Å². The lowest BCUT2D eigenvalue weighted by atomic mass is 10.0. The third kappa shape index (κ3) is 2.83. The summed E-state index contributed by atoms with van der Waals surface area (Å²) >= 11 is 0. The van der Waals surface area contributed by atoms with Crippen molar-refractivity contribution in [3.05, 3.63) is 47.8 Å². The van der Waals surface area contributed by atoms with Crippen LogP contribution in [0.4, 0.5) is 0 Å². The van der Waals surface area contributed by atoms with E-state index in [1.165, 1.54) is 0 Å². The van der Waals surface area contributed by atoms with Gasteiger partial charge in [-0.1, -0.05) is 6.07 Å². The number of benzene rings is 1. The Morgan fingerprint density at radius 2 is 1.65 bits per heavy atom. The third-order valence-corrected chi connectivity index (χ3v) is 3.01. The van der Waals surface area contributed by atoms with Crippen molar-refractivity contribution in [2.75, 3.05) is 21.3 Å². The molecule has 1 heterocycles. The highest BCUT2D eigenvalue weighted by Crippen LogP contribution is 2.32. The molecule has 0 saturated heterocycles. The predicted molar refractivity (Wildman–Crippen MR) is 74.4 cm³/mol. The van der Waals surface area contributed by atoms with Gasteiger partial charge in [-0.2, -0.15) is 0 Å². The topological polar surface area (TPSA) is 60.8 Å². The third-order valence-electron chi connectivity index (χ3n) is 3.01. The molecule has 2 aromatic rings. The normalized spacial score (nSPS) is 11.8. The highest BCUT2D eigenvalue weighted by Gasteiger charge is 2.14. The average Bonchev–Trinajstić information content (AvgIpc) is 2.53. The molecule has 0 radical (unpaired) electrons. The number of methoxy groups -OCH3 is 3. The van der Waals surface area contributed by atoms with E-state index in [0.29, 0.717) is 28.4 Å². The number of rotatable bonds is 5. The summed E-state index contributed by atoms with van der Waals surface area (Å²) < 4.78 is 15.5. The molecule has 20 heavy (non-hydrogen) atoms. The molecule has 0 aliphatic heterocycles. The maximum atomic E-state index is 10.4. The number of ether oxygens (including phenoxy) is 3. The number of pyridine rings is 1. The average molecular weight is 275 g/mol. The van der Waals surface area contributed by atoms with E-state index in [9.17, 15) is 5.11 Å². The van der Waals surface area contributed by atoms with Crippen molar-refractivity contribution >= 4 is 0 Å². The zero-order valence-corrected chi connectivity index (χ0v) is 11.7. The van der Waals surface area contributed by atoms with Gasteiger partial charge in [0.05, 0.1) is 27.5 Å². The van der Waals surface area contributed by atoms with Crippen molar-refractivity contribution in [2.45, 2.75) is 6.10 Å². The minimum atomic E-state index is -0.808. The largest absolute Gasteiger partial charge is 0.495 e. The molecular weight excluding hydrogens is 258 g/mol. The van der Waals surface area contributed by atoms with E-state index in [0.717, 1.165) is 0 Å². The second-order valence-electron chi connectivity index (χ2n) is 4.18. The van der Waals surface area contributed by atoms with Crippen LogP contribution >= 0.6 is 0 Å². The lowest BCUT2D eigenvalue weighted by molar-refractivity contribution is 0.218. The monoisotopic (exact) mass is 275 g/mol. The van der Waals surface area contributed by atoms with E-state index in [2.05, 4.69) is 4.98 Å². The highest BCUT2D eigenvalue weighted by atomic mass is 16.5. The van der Waals surface area contributed by atoms with Gasteiger partial charge in [-0.05, 0) is 23.8 Å². The second-order valence-corrected chi connectivity index (χ2v) is 4.18.